The van der Waals surface area contributed by atoms with Crippen molar-refractivity contribution in [1.82, 2.24) is 15.4 Å². The van der Waals surface area contributed by atoms with E-state index >= 15 is 0 Å². The molecule has 0 bridgehead atoms. The van der Waals surface area contributed by atoms with Crippen molar-refractivity contribution in [2.75, 3.05) is 5.43 Å². The van der Waals surface area contributed by atoms with Gasteiger partial charge < -0.3 is 4.42 Å². The minimum atomic E-state index is -0.590. The van der Waals surface area contributed by atoms with Gasteiger partial charge in [0.05, 0.1) is 17.6 Å². The number of nitrogens with zero attached hydrogens (tertiary/aromatic N) is 2. The van der Waals surface area contributed by atoms with Crippen LogP contribution in [0.25, 0.3) is 0 Å². The Morgan fingerprint density at radius 3 is 2.82 bits per heavy atom. The molecule has 0 aromatic carbocycles. The molecular weight excluding hydrogens is 227 g/mol. The Balaban J connectivity index is 1.97. The molecule has 0 aliphatic rings. The summed E-state index contributed by atoms with van der Waals surface area (Å²) < 4.78 is 17.4. The number of rotatable bonds is 3. The predicted molar refractivity (Wildman–Crippen MR) is 56.5 cm³/mol. The van der Waals surface area contributed by atoms with Crippen LogP contribution in [-0.4, -0.2) is 15.9 Å². The number of carbonyl (C=O) groups excluding carboxylic acids is 1. The van der Waals surface area contributed by atoms with Crippen LogP contribution in [0.1, 0.15) is 16.2 Å². The Labute approximate surface area is 95.8 Å². The summed E-state index contributed by atoms with van der Waals surface area (Å²) in [7, 11) is 0. The van der Waals surface area contributed by atoms with Gasteiger partial charge in [0.15, 0.2) is 6.39 Å². The number of aryl methyl sites for hydroxylation is 1. The summed E-state index contributed by atoms with van der Waals surface area (Å²) in [5.41, 5.74) is 5.89. The van der Waals surface area contributed by atoms with Gasteiger partial charge in [0.2, 0.25) is 11.7 Å². The van der Waals surface area contributed by atoms with Crippen LogP contribution in [0.3, 0.4) is 0 Å². The fraction of sp³-hybridized carbons (Fsp3) is 0.100. The summed E-state index contributed by atoms with van der Waals surface area (Å²) in [6.45, 7) is 1.65. The zero-order valence-electron chi connectivity index (χ0n) is 8.90. The number of carbonyl (C=O) groups is 1. The van der Waals surface area contributed by atoms with Crippen molar-refractivity contribution in [3.8, 4) is 0 Å². The monoisotopic (exact) mass is 236 g/mol. The van der Waals surface area contributed by atoms with E-state index in [0.717, 1.165) is 0 Å². The average Bonchev–Trinajstić information content (AvgIpc) is 2.74. The second-order valence-electron chi connectivity index (χ2n) is 3.22. The van der Waals surface area contributed by atoms with Crippen LogP contribution in [0.5, 0.6) is 0 Å². The van der Waals surface area contributed by atoms with Crippen LogP contribution in [0.4, 0.5) is 10.1 Å². The molecule has 2 rings (SSSR count). The average molecular weight is 236 g/mol. The number of anilines is 1. The van der Waals surface area contributed by atoms with Gasteiger partial charge in [-0.15, -0.1) is 0 Å². The van der Waals surface area contributed by atoms with E-state index in [1.165, 1.54) is 24.7 Å². The highest BCUT2D eigenvalue weighted by Gasteiger charge is 2.13. The number of hydrogen-bond acceptors (Lipinski definition) is 5. The van der Waals surface area contributed by atoms with Crippen LogP contribution >= 0.6 is 0 Å². The van der Waals surface area contributed by atoms with Gasteiger partial charge in [-0.1, -0.05) is 0 Å². The van der Waals surface area contributed by atoms with Crippen molar-refractivity contribution in [1.29, 1.82) is 0 Å². The molecule has 0 spiro atoms. The molecule has 0 aliphatic carbocycles. The van der Waals surface area contributed by atoms with Crippen LogP contribution in [0.15, 0.2) is 29.1 Å². The lowest BCUT2D eigenvalue weighted by Crippen LogP contribution is -2.29. The first kappa shape index (κ1) is 11.1. The van der Waals surface area contributed by atoms with Crippen molar-refractivity contribution in [3.63, 3.8) is 0 Å². The maximum absolute atomic E-state index is 12.5. The van der Waals surface area contributed by atoms with Gasteiger partial charge in [0.25, 0.3) is 0 Å². The molecule has 2 aromatic heterocycles. The largest absolute Gasteiger partial charge is 0.438 e. The Hall–Kier alpha value is -2.44. The third-order valence-corrected chi connectivity index (χ3v) is 2.00. The van der Waals surface area contributed by atoms with E-state index in [1.807, 2.05) is 0 Å². The number of hydrazine groups is 1. The molecule has 2 heterocycles. The van der Waals surface area contributed by atoms with Crippen molar-refractivity contribution in [2.45, 2.75) is 6.92 Å². The third kappa shape index (κ3) is 2.57. The molecule has 0 aliphatic heterocycles. The van der Waals surface area contributed by atoms with Gasteiger partial charge in [-0.05, 0) is 19.1 Å². The Kier molecular flexibility index (Phi) is 2.99. The zero-order valence-corrected chi connectivity index (χ0v) is 8.90. The smallest absolute Gasteiger partial charge is 0.307 e. The maximum atomic E-state index is 12.5. The van der Waals surface area contributed by atoms with Gasteiger partial charge in [0.1, 0.15) is 0 Å². The van der Waals surface area contributed by atoms with E-state index in [-0.39, 0.29) is 5.76 Å². The number of oxazole rings is 1. The van der Waals surface area contributed by atoms with Crippen LogP contribution < -0.4 is 10.9 Å². The molecule has 0 fully saturated rings. The molecule has 6 nitrogen and oxygen atoms in total. The molecule has 7 heteroatoms. The molecular formula is C10H9FN4O2. The van der Waals surface area contributed by atoms with Crippen LogP contribution in [0, 0.1) is 12.9 Å². The van der Waals surface area contributed by atoms with Gasteiger partial charge >= 0.3 is 5.91 Å². The fourth-order valence-corrected chi connectivity index (χ4v) is 1.16. The molecule has 2 aromatic rings. The predicted octanol–water partition coefficient (Wildman–Crippen LogP) is 1.27. The van der Waals surface area contributed by atoms with Gasteiger partial charge in [-0.3, -0.25) is 15.6 Å². The van der Waals surface area contributed by atoms with E-state index in [9.17, 15) is 9.18 Å². The lowest BCUT2D eigenvalue weighted by atomic mass is 10.3. The summed E-state index contributed by atoms with van der Waals surface area (Å²) in [6.07, 6.45) is 2.44. The lowest BCUT2D eigenvalue weighted by Gasteiger charge is -2.06. The van der Waals surface area contributed by atoms with E-state index < -0.39 is 11.9 Å². The Morgan fingerprint density at radius 1 is 1.41 bits per heavy atom. The first-order valence-corrected chi connectivity index (χ1v) is 4.75. The SMILES string of the molecule is Cc1ncoc1C(=O)NNc1ccc(F)nc1. The number of halogens is 1. The van der Waals surface area contributed by atoms with Crippen molar-refractivity contribution >= 4 is 11.6 Å². The normalized spacial score (nSPS) is 10.0. The van der Waals surface area contributed by atoms with E-state index in [2.05, 4.69) is 20.8 Å². The maximum Gasteiger partial charge on any atom is 0.307 e. The van der Waals surface area contributed by atoms with Crippen molar-refractivity contribution in [3.05, 3.63) is 42.1 Å². The summed E-state index contributed by atoms with van der Waals surface area (Å²) >= 11 is 0. The second-order valence-corrected chi connectivity index (χ2v) is 3.22. The molecule has 0 radical (unpaired) electrons. The molecule has 88 valence electrons. The molecule has 0 unspecified atom stereocenters. The minimum Gasteiger partial charge on any atom is -0.438 e. The first-order valence-electron chi connectivity index (χ1n) is 4.75. The topological polar surface area (TPSA) is 80.0 Å². The molecule has 0 saturated heterocycles. The molecule has 1 amide bonds. The molecule has 0 saturated carbocycles. The van der Waals surface area contributed by atoms with Crippen molar-refractivity contribution < 1.29 is 13.6 Å². The molecule has 0 atom stereocenters. The lowest BCUT2D eigenvalue weighted by molar-refractivity contribution is 0.0934. The molecule has 17 heavy (non-hydrogen) atoms. The van der Waals surface area contributed by atoms with Crippen LogP contribution in [-0.2, 0) is 0 Å². The number of hydrogen-bond donors (Lipinski definition) is 2. The second kappa shape index (κ2) is 4.60. The zero-order chi connectivity index (χ0) is 12.3. The van der Waals surface area contributed by atoms with E-state index in [0.29, 0.717) is 11.4 Å². The van der Waals surface area contributed by atoms with Gasteiger partial charge in [0, 0.05) is 0 Å². The summed E-state index contributed by atoms with van der Waals surface area (Å²) in [5.74, 6) is -0.940. The Bertz CT molecular complexity index is 523. The number of amides is 1. The van der Waals surface area contributed by atoms with Gasteiger partial charge in [-0.25, -0.2) is 9.97 Å². The Morgan fingerprint density at radius 2 is 2.24 bits per heavy atom. The quantitative estimate of drug-likeness (QED) is 0.619. The van der Waals surface area contributed by atoms with E-state index in [1.54, 1.807) is 6.92 Å². The number of aromatic nitrogens is 2. The number of nitrogens with one attached hydrogen (secondary N) is 2. The number of pyridine rings is 1. The van der Waals surface area contributed by atoms with Gasteiger partial charge in [-0.2, -0.15) is 4.39 Å². The highest BCUT2D eigenvalue weighted by atomic mass is 19.1. The minimum absolute atomic E-state index is 0.118. The highest BCUT2D eigenvalue weighted by Crippen LogP contribution is 2.06. The highest BCUT2D eigenvalue weighted by molar-refractivity contribution is 5.93. The summed E-state index contributed by atoms with van der Waals surface area (Å²) in [4.78, 5) is 18.8. The standard InChI is InChI=1S/C10H9FN4O2/c1-6-9(17-5-13-6)10(16)15-14-7-2-3-8(11)12-4-7/h2-5,14H,1H3,(H,15,16). The summed E-state index contributed by atoms with van der Waals surface area (Å²) in [6, 6.07) is 2.62. The summed E-state index contributed by atoms with van der Waals surface area (Å²) in [5, 5.41) is 0. The third-order valence-electron chi connectivity index (χ3n) is 2.00. The fourth-order valence-electron chi connectivity index (χ4n) is 1.16. The van der Waals surface area contributed by atoms with Crippen molar-refractivity contribution in [2.24, 2.45) is 0 Å². The van der Waals surface area contributed by atoms with E-state index in [4.69, 9.17) is 4.42 Å². The first-order chi connectivity index (χ1) is 8.16. The van der Waals surface area contributed by atoms with Crippen LogP contribution in [0.2, 0.25) is 0 Å². The molecule has 2 N–H and O–H groups in total.